The smallest absolute Gasteiger partial charge is 0.262 e. The second kappa shape index (κ2) is 14.3. The van der Waals surface area contributed by atoms with Crippen molar-refractivity contribution in [3.05, 3.63) is 58.1 Å². The van der Waals surface area contributed by atoms with Gasteiger partial charge >= 0.3 is 0 Å². The summed E-state index contributed by atoms with van der Waals surface area (Å²) < 4.78 is 23.5. The lowest BCUT2D eigenvalue weighted by molar-refractivity contribution is -0.130. The molecule has 2 bridgehead atoms. The van der Waals surface area contributed by atoms with Gasteiger partial charge in [0.25, 0.3) is 5.91 Å². The molecule has 1 spiro atoms. The molecule has 7 rings (SSSR count). The van der Waals surface area contributed by atoms with E-state index < -0.39 is 9.71 Å². The molecule has 1 N–H and O–H groups in total. The molecule has 0 aromatic heterocycles. The van der Waals surface area contributed by atoms with Crippen LogP contribution in [-0.2, 0) is 26.3 Å². The first-order chi connectivity index (χ1) is 23.9. The number of halogens is 1. The molecule has 3 heterocycles. The van der Waals surface area contributed by atoms with Crippen molar-refractivity contribution < 1.29 is 18.5 Å². The van der Waals surface area contributed by atoms with Crippen molar-refractivity contribution in [2.24, 2.45) is 23.7 Å². The van der Waals surface area contributed by atoms with Gasteiger partial charge in [0.2, 0.25) is 5.91 Å². The summed E-state index contributed by atoms with van der Waals surface area (Å²) in [6, 6.07) is 12.1. The minimum atomic E-state index is -2.89. The van der Waals surface area contributed by atoms with E-state index in [1.54, 1.807) is 13.0 Å². The minimum absolute atomic E-state index is 0.158. The first-order valence-electron chi connectivity index (χ1n) is 18.9. The number of hydrogen-bond acceptors (Lipinski definition) is 6. The molecule has 0 radical (unpaired) electrons. The Morgan fingerprint density at radius 3 is 2.60 bits per heavy atom. The third-order valence-electron chi connectivity index (χ3n) is 13.0. The number of benzene rings is 2. The quantitative estimate of drug-likeness (QED) is 0.373. The molecule has 272 valence electrons. The molecular formula is C40H55ClN4O4S. The Balaban J connectivity index is 1.24. The van der Waals surface area contributed by atoms with Crippen LogP contribution in [0.15, 0.2) is 36.4 Å². The molecule has 2 fully saturated rings. The van der Waals surface area contributed by atoms with Crippen molar-refractivity contribution >= 4 is 44.7 Å². The molecule has 50 heavy (non-hydrogen) atoms. The maximum atomic E-state index is 13.9. The van der Waals surface area contributed by atoms with Gasteiger partial charge in [0.1, 0.15) is 5.75 Å². The van der Waals surface area contributed by atoms with Crippen LogP contribution in [0, 0.1) is 23.7 Å². The lowest BCUT2D eigenvalue weighted by Crippen LogP contribution is -2.52. The summed E-state index contributed by atoms with van der Waals surface area (Å²) in [6.45, 7) is 12.6. The fourth-order valence-electron chi connectivity index (χ4n) is 9.62. The first-order valence-corrected chi connectivity index (χ1v) is 21.1. The fourth-order valence-corrected chi connectivity index (χ4v) is 11.3. The second-order valence-corrected chi connectivity index (χ2v) is 19.0. The number of aryl methyl sites for hydroxylation is 1. The molecule has 1 saturated heterocycles. The van der Waals surface area contributed by atoms with Gasteiger partial charge in [-0.3, -0.25) is 19.2 Å². The highest BCUT2D eigenvalue weighted by Crippen LogP contribution is 2.48. The van der Waals surface area contributed by atoms with Gasteiger partial charge in [-0.15, -0.1) is 0 Å². The van der Waals surface area contributed by atoms with Crippen molar-refractivity contribution in [2.45, 2.75) is 82.8 Å². The van der Waals surface area contributed by atoms with Crippen molar-refractivity contribution in [2.75, 3.05) is 57.3 Å². The zero-order chi connectivity index (χ0) is 35.2. The number of amides is 2. The van der Waals surface area contributed by atoms with Gasteiger partial charge in [0.05, 0.1) is 22.0 Å². The average Bonchev–Trinajstić information content (AvgIpc) is 3.22. The van der Waals surface area contributed by atoms with Crippen LogP contribution in [0.5, 0.6) is 5.75 Å². The number of anilines is 1. The summed E-state index contributed by atoms with van der Waals surface area (Å²) in [5.74, 6) is 6.55. The van der Waals surface area contributed by atoms with Gasteiger partial charge in [0.15, 0.2) is 0 Å². The Bertz CT molecular complexity index is 1710. The Morgan fingerprint density at radius 1 is 1.06 bits per heavy atom. The van der Waals surface area contributed by atoms with Crippen LogP contribution >= 0.6 is 11.6 Å². The van der Waals surface area contributed by atoms with Crippen LogP contribution in [0.2, 0.25) is 5.02 Å². The van der Waals surface area contributed by atoms with Crippen LogP contribution in [0.1, 0.15) is 87.2 Å². The predicted molar refractivity (Wildman–Crippen MR) is 204 cm³/mol. The molecule has 2 aromatic carbocycles. The van der Waals surface area contributed by atoms with E-state index in [1.807, 2.05) is 30.0 Å². The molecule has 7 atom stereocenters. The van der Waals surface area contributed by atoms with Gasteiger partial charge < -0.3 is 14.5 Å². The van der Waals surface area contributed by atoms with E-state index in [-0.39, 0.29) is 28.4 Å². The highest BCUT2D eigenvalue weighted by molar-refractivity contribution is 7.99. The topological polar surface area (TPSA) is 82.2 Å². The van der Waals surface area contributed by atoms with E-state index in [4.69, 9.17) is 16.3 Å². The molecule has 10 heteroatoms. The van der Waals surface area contributed by atoms with E-state index in [2.05, 4.69) is 39.4 Å². The maximum Gasteiger partial charge on any atom is 0.262 e. The normalized spacial score (nSPS) is 33.7. The Morgan fingerprint density at radius 2 is 1.86 bits per heavy atom. The Hall–Kier alpha value is -2.75. The fraction of sp³-hybridized carbons (Fsp3) is 0.625. The summed E-state index contributed by atoms with van der Waals surface area (Å²) in [5, 5.41) is 0.519. The highest BCUT2D eigenvalue weighted by atomic mass is 35.5. The van der Waals surface area contributed by atoms with E-state index >= 15 is 0 Å². The number of rotatable bonds is 2. The number of nitrogens with zero attached hydrogens (tertiary/aromatic N) is 3. The first kappa shape index (κ1) is 35.6. The Kier molecular flexibility index (Phi) is 10.2. The summed E-state index contributed by atoms with van der Waals surface area (Å²) >= 11 is 6.49. The van der Waals surface area contributed by atoms with Crippen molar-refractivity contribution in [1.82, 2.24) is 14.5 Å². The van der Waals surface area contributed by atoms with Gasteiger partial charge in [-0.1, -0.05) is 31.0 Å². The molecule has 8 nitrogen and oxygen atoms in total. The van der Waals surface area contributed by atoms with Gasteiger partial charge in [-0.2, -0.15) is 0 Å². The zero-order valence-electron chi connectivity index (χ0n) is 30.1. The number of piperazine rings is 1. The number of carbonyl (C=O) groups is 2. The number of fused-ring (bicyclic) bond motifs is 4. The number of nitrogens with one attached hydrogen (secondary N) is 1. The number of ether oxygens (including phenoxy) is 1. The summed E-state index contributed by atoms with van der Waals surface area (Å²) in [6.07, 6.45) is 8.68. The monoisotopic (exact) mass is 722 g/mol. The summed E-state index contributed by atoms with van der Waals surface area (Å²) in [7, 11) is -2.89. The van der Waals surface area contributed by atoms with Gasteiger partial charge in [-0.25, -0.2) is 4.21 Å². The van der Waals surface area contributed by atoms with Crippen LogP contribution < -0.4 is 14.4 Å². The molecular weight excluding hydrogens is 668 g/mol. The van der Waals surface area contributed by atoms with Crippen LogP contribution in [-0.4, -0.2) is 89.4 Å². The average molecular weight is 723 g/mol. The van der Waals surface area contributed by atoms with E-state index in [0.717, 1.165) is 101 Å². The summed E-state index contributed by atoms with van der Waals surface area (Å²) in [5.41, 5.74) is 3.89. The lowest BCUT2D eigenvalue weighted by Gasteiger charge is -2.48. The van der Waals surface area contributed by atoms with Gasteiger partial charge in [0, 0.05) is 74.0 Å². The maximum absolute atomic E-state index is 13.9. The zero-order valence-corrected chi connectivity index (χ0v) is 31.7. The summed E-state index contributed by atoms with van der Waals surface area (Å²) in [4.78, 5) is 32.9. The highest BCUT2D eigenvalue weighted by Gasteiger charge is 2.45. The van der Waals surface area contributed by atoms with Crippen LogP contribution in [0.4, 0.5) is 5.69 Å². The number of carbonyl (C=O) groups excluding carboxylic acids is 2. The SMILES string of the molecule is C=S1(=O)NC(=O)c2ccc3c(c2)N(C[C@@H]2CC[C@H]2[C@@H](CN2CCN(C(C)=O)CC2)CCC[C@H](C)[C@H]1C)C[C@@]1(CCCc2cc(Cl)ccc21)CO3. The van der Waals surface area contributed by atoms with Crippen molar-refractivity contribution in [3.8, 4) is 5.75 Å². The predicted octanol–water partition coefficient (Wildman–Crippen LogP) is 6.19. The molecule has 1 saturated carbocycles. The molecule has 2 aliphatic carbocycles. The third-order valence-corrected chi connectivity index (χ3v) is 15.5. The van der Waals surface area contributed by atoms with Gasteiger partial charge in [-0.05, 0) is 123 Å². The van der Waals surface area contributed by atoms with E-state index in [0.29, 0.717) is 29.9 Å². The second-order valence-electron chi connectivity index (χ2n) is 16.1. The Labute approximate surface area is 304 Å². The lowest BCUT2D eigenvalue weighted by atomic mass is 9.65. The standard InChI is InChI=1S/C40H55ClN4O4S/c1-27-7-5-8-32(23-43-17-19-44(20-18-43)29(3)46)35-13-10-33(35)24-45-25-40(16-6-9-30-21-34(41)12-14-36(30)40)26-49-38-15-11-31(22-37(38)45)39(47)42-50(4,48)28(27)2/h11-12,14-15,21-22,27-28,32-33,35H,4-10,13,16-20,23-26H2,1-3H3,(H,42,47,48)/t27-,28+,32+,33-,35-,40-,50?/m0/s1. The molecule has 3 aliphatic heterocycles. The molecule has 2 aromatic rings. The largest absolute Gasteiger partial charge is 0.490 e. The van der Waals surface area contributed by atoms with E-state index in [1.165, 1.54) is 24.0 Å². The minimum Gasteiger partial charge on any atom is -0.490 e. The molecule has 2 amide bonds. The van der Waals surface area contributed by atoms with E-state index in [9.17, 15) is 13.8 Å². The van der Waals surface area contributed by atoms with Crippen molar-refractivity contribution in [3.63, 3.8) is 0 Å². The third kappa shape index (κ3) is 7.16. The number of hydrogen-bond donors (Lipinski definition) is 1. The van der Waals surface area contributed by atoms with Crippen LogP contribution in [0.3, 0.4) is 0 Å². The molecule has 1 unspecified atom stereocenters. The van der Waals surface area contributed by atoms with Crippen molar-refractivity contribution in [1.29, 1.82) is 0 Å². The molecule has 5 aliphatic rings. The van der Waals surface area contributed by atoms with Crippen LogP contribution in [0.25, 0.3) is 0 Å².